The standard InChI is InChI=1S/C15H29NO/c1-2-5-12-8-10-13(11-9-12)16-14-6-3-4-7-15(14)17/h12-17H,2-11H2,1H3/t12?,13?,14-,15-/m0/s1. The van der Waals surface area contributed by atoms with Gasteiger partial charge in [-0.15, -0.1) is 0 Å². The van der Waals surface area contributed by atoms with E-state index in [9.17, 15) is 5.11 Å². The third kappa shape index (κ3) is 3.96. The summed E-state index contributed by atoms with van der Waals surface area (Å²) in [5.74, 6) is 0.981. The predicted molar refractivity (Wildman–Crippen MR) is 72.1 cm³/mol. The van der Waals surface area contributed by atoms with Crippen LogP contribution in [0, 0.1) is 5.92 Å². The fourth-order valence-electron chi connectivity index (χ4n) is 3.63. The van der Waals surface area contributed by atoms with Crippen LogP contribution in [0.25, 0.3) is 0 Å². The number of nitrogens with one attached hydrogen (secondary N) is 1. The second-order valence-corrected chi connectivity index (χ2v) is 6.13. The van der Waals surface area contributed by atoms with E-state index in [0.29, 0.717) is 12.1 Å². The predicted octanol–water partition coefficient (Wildman–Crippen LogP) is 3.24. The Morgan fingerprint density at radius 3 is 2.35 bits per heavy atom. The molecule has 2 saturated carbocycles. The zero-order valence-corrected chi connectivity index (χ0v) is 11.3. The van der Waals surface area contributed by atoms with E-state index < -0.39 is 0 Å². The number of hydrogen-bond acceptors (Lipinski definition) is 2. The van der Waals surface area contributed by atoms with Crippen LogP contribution in [0.3, 0.4) is 0 Å². The number of aliphatic hydroxyl groups excluding tert-OH is 1. The summed E-state index contributed by atoms with van der Waals surface area (Å²) in [6.45, 7) is 2.29. The zero-order valence-electron chi connectivity index (χ0n) is 11.3. The van der Waals surface area contributed by atoms with Gasteiger partial charge in [-0.1, -0.05) is 32.6 Å². The van der Waals surface area contributed by atoms with Gasteiger partial charge in [-0.3, -0.25) is 0 Å². The van der Waals surface area contributed by atoms with E-state index in [1.165, 1.54) is 57.8 Å². The van der Waals surface area contributed by atoms with E-state index in [2.05, 4.69) is 12.2 Å². The fourth-order valence-corrected chi connectivity index (χ4v) is 3.63. The van der Waals surface area contributed by atoms with Gasteiger partial charge in [0.25, 0.3) is 0 Å². The van der Waals surface area contributed by atoms with E-state index in [1.807, 2.05) is 0 Å². The minimum absolute atomic E-state index is 0.0860. The monoisotopic (exact) mass is 239 g/mol. The van der Waals surface area contributed by atoms with Crippen LogP contribution in [-0.4, -0.2) is 23.3 Å². The van der Waals surface area contributed by atoms with Crippen LogP contribution in [0.1, 0.15) is 71.1 Å². The molecule has 2 aliphatic rings. The van der Waals surface area contributed by atoms with E-state index in [-0.39, 0.29) is 6.10 Å². The molecular formula is C15H29NO. The van der Waals surface area contributed by atoms with Crippen LogP contribution in [0.2, 0.25) is 0 Å². The highest BCUT2D eigenvalue weighted by Crippen LogP contribution is 2.29. The Bertz CT molecular complexity index is 211. The third-order valence-electron chi connectivity index (χ3n) is 4.72. The zero-order chi connectivity index (χ0) is 12.1. The summed E-state index contributed by atoms with van der Waals surface area (Å²) in [6, 6.07) is 1.07. The van der Waals surface area contributed by atoms with Crippen LogP contribution in [-0.2, 0) is 0 Å². The van der Waals surface area contributed by atoms with Gasteiger partial charge in [0.1, 0.15) is 0 Å². The molecule has 0 aliphatic heterocycles. The Hall–Kier alpha value is -0.0800. The quantitative estimate of drug-likeness (QED) is 0.789. The van der Waals surface area contributed by atoms with E-state index in [0.717, 1.165) is 12.3 Å². The van der Waals surface area contributed by atoms with Crippen molar-refractivity contribution in [3.05, 3.63) is 0 Å². The molecule has 0 heterocycles. The molecule has 2 N–H and O–H groups in total. The summed E-state index contributed by atoms with van der Waals surface area (Å²) < 4.78 is 0. The Labute approximate surface area is 106 Å². The molecule has 2 fully saturated rings. The summed E-state index contributed by atoms with van der Waals surface area (Å²) in [6.07, 6.45) is 12.8. The molecule has 17 heavy (non-hydrogen) atoms. The average Bonchev–Trinajstić information content (AvgIpc) is 2.35. The molecule has 0 amide bonds. The molecule has 100 valence electrons. The van der Waals surface area contributed by atoms with Crippen molar-refractivity contribution in [2.45, 2.75) is 89.3 Å². The summed E-state index contributed by atoms with van der Waals surface area (Å²) in [4.78, 5) is 0. The van der Waals surface area contributed by atoms with Crippen molar-refractivity contribution in [1.29, 1.82) is 0 Å². The van der Waals surface area contributed by atoms with Gasteiger partial charge < -0.3 is 10.4 Å². The molecule has 0 radical (unpaired) electrons. The molecular weight excluding hydrogens is 210 g/mol. The first kappa shape index (κ1) is 13.4. The molecule has 2 heteroatoms. The highest BCUT2D eigenvalue weighted by atomic mass is 16.3. The third-order valence-corrected chi connectivity index (χ3v) is 4.72. The van der Waals surface area contributed by atoms with E-state index >= 15 is 0 Å². The maximum Gasteiger partial charge on any atom is 0.0693 e. The topological polar surface area (TPSA) is 32.3 Å². The van der Waals surface area contributed by atoms with Crippen LogP contribution in [0.5, 0.6) is 0 Å². The Morgan fingerprint density at radius 1 is 1.00 bits per heavy atom. The van der Waals surface area contributed by atoms with Crippen molar-refractivity contribution in [3.8, 4) is 0 Å². The van der Waals surface area contributed by atoms with Crippen molar-refractivity contribution >= 4 is 0 Å². The normalized spacial score (nSPS) is 39.2. The maximum atomic E-state index is 9.97. The van der Waals surface area contributed by atoms with Crippen LogP contribution >= 0.6 is 0 Å². The average molecular weight is 239 g/mol. The lowest BCUT2D eigenvalue weighted by Gasteiger charge is -2.35. The van der Waals surface area contributed by atoms with Crippen LogP contribution in [0.4, 0.5) is 0 Å². The summed E-state index contributed by atoms with van der Waals surface area (Å²) in [5.41, 5.74) is 0. The molecule has 2 atom stereocenters. The second kappa shape index (κ2) is 6.75. The molecule has 0 bridgehead atoms. The van der Waals surface area contributed by atoms with Crippen LogP contribution in [0.15, 0.2) is 0 Å². The maximum absolute atomic E-state index is 9.97. The molecule has 2 nitrogen and oxygen atoms in total. The van der Waals surface area contributed by atoms with E-state index in [4.69, 9.17) is 0 Å². The first-order chi connectivity index (χ1) is 8.29. The van der Waals surface area contributed by atoms with Crippen molar-refractivity contribution in [3.63, 3.8) is 0 Å². The fraction of sp³-hybridized carbons (Fsp3) is 1.00. The number of aliphatic hydroxyl groups is 1. The van der Waals surface area contributed by atoms with Crippen molar-refractivity contribution in [1.82, 2.24) is 5.32 Å². The first-order valence-electron chi connectivity index (χ1n) is 7.73. The van der Waals surface area contributed by atoms with Gasteiger partial charge in [0.05, 0.1) is 6.10 Å². The lowest BCUT2D eigenvalue weighted by molar-refractivity contribution is 0.0795. The van der Waals surface area contributed by atoms with E-state index in [1.54, 1.807) is 0 Å². The van der Waals surface area contributed by atoms with Gasteiger partial charge in [-0.05, 0) is 44.4 Å². The second-order valence-electron chi connectivity index (χ2n) is 6.13. The highest BCUT2D eigenvalue weighted by molar-refractivity contribution is 4.86. The van der Waals surface area contributed by atoms with Gasteiger partial charge >= 0.3 is 0 Å². The van der Waals surface area contributed by atoms with Gasteiger partial charge in [-0.2, -0.15) is 0 Å². The lowest BCUT2D eigenvalue weighted by atomic mass is 9.82. The van der Waals surface area contributed by atoms with Crippen molar-refractivity contribution in [2.24, 2.45) is 5.92 Å². The Balaban J connectivity index is 1.70. The highest BCUT2D eigenvalue weighted by Gasteiger charge is 2.27. The van der Waals surface area contributed by atoms with Crippen LogP contribution < -0.4 is 5.32 Å². The SMILES string of the molecule is CCCC1CCC(N[C@H]2CCCC[C@@H]2O)CC1. The molecule has 0 aromatic carbocycles. The molecule has 2 rings (SSSR count). The number of rotatable bonds is 4. The van der Waals surface area contributed by atoms with Gasteiger partial charge in [0.15, 0.2) is 0 Å². The molecule has 0 aromatic rings. The molecule has 0 spiro atoms. The largest absolute Gasteiger partial charge is 0.392 e. The summed E-state index contributed by atoms with van der Waals surface area (Å²) in [5, 5.41) is 13.7. The molecule has 2 aliphatic carbocycles. The summed E-state index contributed by atoms with van der Waals surface area (Å²) in [7, 11) is 0. The number of hydrogen-bond donors (Lipinski definition) is 2. The van der Waals surface area contributed by atoms with Gasteiger partial charge in [0.2, 0.25) is 0 Å². The molecule has 0 aromatic heterocycles. The van der Waals surface area contributed by atoms with Crippen molar-refractivity contribution < 1.29 is 5.11 Å². The Morgan fingerprint density at radius 2 is 1.71 bits per heavy atom. The minimum Gasteiger partial charge on any atom is -0.392 e. The van der Waals surface area contributed by atoms with Gasteiger partial charge in [-0.25, -0.2) is 0 Å². The lowest BCUT2D eigenvalue weighted by Crippen LogP contribution is -2.48. The van der Waals surface area contributed by atoms with Gasteiger partial charge in [0, 0.05) is 12.1 Å². The molecule has 0 saturated heterocycles. The summed E-state index contributed by atoms with van der Waals surface area (Å²) >= 11 is 0. The molecule has 0 unspecified atom stereocenters. The Kier molecular flexibility index (Phi) is 5.30. The smallest absolute Gasteiger partial charge is 0.0693 e. The minimum atomic E-state index is -0.0860. The first-order valence-corrected chi connectivity index (χ1v) is 7.73. The van der Waals surface area contributed by atoms with Crippen molar-refractivity contribution in [2.75, 3.05) is 0 Å².